The minimum atomic E-state index is 0. The quantitative estimate of drug-likeness (QED) is 0.208. The predicted molar refractivity (Wildman–Crippen MR) is 123 cm³/mol. The van der Waals surface area contributed by atoms with Crippen molar-refractivity contribution in [2.45, 2.75) is 45.6 Å². The van der Waals surface area contributed by atoms with E-state index in [2.05, 4.69) is 53.7 Å². The topological polar surface area (TPSA) is 48.9 Å². The van der Waals surface area contributed by atoms with Gasteiger partial charge in [0, 0.05) is 13.1 Å². The zero-order valence-electron chi connectivity index (χ0n) is 16.9. The fourth-order valence-electron chi connectivity index (χ4n) is 2.53. The first-order chi connectivity index (χ1) is 12.2. The molecule has 2 N–H and O–H groups in total. The number of aliphatic imine (C=N–C) groups is 1. The van der Waals surface area contributed by atoms with Gasteiger partial charge in [0.15, 0.2) is 5.96 Å². The maximum absolute atomic E-state index is 5.18. The van der Waals surface area contributed by atoms with E-state index < -0.39 is 0 Å². The molecule has 5 nitrogen and oxygen atoms in total. The number of hydrogen-bond donors (Lipinski definition) is 2. The van der Waals surface area contributed by atoms with Gasteiger partial charge < -0.3 is 20.3 Å². The van der Waals surface area contributed by atoms with Crippen LogP contribution in [0, 0.1) is 0 Å². The molecule has 150 valence electrons. The maximum Gasteiger partial charge on any atom is 0.191 e. The van der Waals surface area contributed by atoms with Crippen molar-refractivity contribution < 1.29 is 4.74 Å². The summed E-state index contributed by atoms with van der Waals surface area (Å²) in [6, 6.07) is 8.06. The van der Waals surface area contributed by atoms with Crippen LogP contribution >= 0.6 is 24.0 Å². The number of rotatable bonds is 12. The predicted octanol–water partition coefficient (Wildman–Crippen LogP) is 3.88. The Morgan fingerprint density at radius 1 is 1.00 bits per heavy atom. The van der Waals surface area contributed by atoms with Crippen molar-refractivity contribution in [3.05, 3.63) is 29.8 Å². The molecular weight excluding hydrogens is 439 g/mol. The van der Waals surface area contributed by atoms with Crippen LogP contribution in [-0.4, -0.2) is 51.7 Å². The summed E-state index contributed by atoms with van der Waals surface area (Å²) in [6.07, 6.45) is 6.40. The molecule has 0 heterocycles. The lowest BCUT2D eigenvalue weighted by Crippen LogP contribution is -2.37. The largest absolute Gasteiger partial charge is 0.497 e. The molecule has 0 radical (unpaired) electrons. The Morgan fingerprint density at radius 2 is 1.65 bits per heavy atom. The molecule has 0 amide bonds. The van der Waals surface area contributed by atoms with Gasteiger partial charge in [-0.3, -0.25) is 0 Å². The summed E-state index contributed by atoms with van der Waals surface area (Å²) in [5, 5.41) is 6.74. The second-order valence-corrected chi connectivity index (χ2v) is 6.54. The number of unbranched alkanes of at least 4 members (excludes halogenated alkanes) is 4. The van der Waals surface area contributed by atoms with Gasteiger partial charge in [-0.25, -0.2) is 4.99 Å². The number of ether oxygens (including phenoxy) is 1. The van der Waals surface area contributed by atoms with E-state index in [1.54, 1.807) is 7.11 Å². The third-order valence-electron chi connectivity index (χ3n) is 4.00. The van der Waals surface area contributed by atoms with Gasteiger partial charge in [-0.1, -0.05) is 31.4 Å². The maximum atomic E-state index is 5.18. The lowest BCUT2D eigenvalue weighted by atomic mass is 10.1. The Balaban J connectivity index is 0.00000625. The van der Waals surface area contributed by atoms with Crippen molar-refractivity contribution in [2.24, 2.45) is 4.99 Å². The molecule has 0 fully saturated rings. The van der Waals surface area contributed by atoms with E-state index in [9.17, 15) is 0 Å². The number of methoxy groups -OCH3 is 1. The van der Waals surface area contributed by atoms with Crippen molar-refractivity contribution in [3.8, 4) is 5.75 Å². The minimum absolute atomic E-state index is 0. The molecular formula is C20H37IN4O. The molecule has 0 aliphatic rings. The lowest BCUT2D eigenvalue weighted by Gasteiger charge is -2.12. The summed E-state index contributed by atoms with van der Waals surface area (Å²) < 4.78 is 5.18. The van der Waals surface area contributed by atoms with Crippen LogP contribution in [0.25, 0.3) is 0 Å². The van der Waals surface area contributed by atoms with E-state index >= 15 is 0 Å². The number of halogens is 1. The summed E-state index contributed by atoms with van der Waals surface area (Å²) in [7, 11) is 5.96. The molecule has 0 saturated heterocycles. The minimum Gasteiger partial charge on any atom is -0.497 e. The average Bonchev–Trinajstić information content (AvgIpc) is 2.62. The normalized spacial score (nSPS) is 11.2. The summed E-state index contributed by atoms with van der Waals surface area (Å²) in [6.45, 7) is 5.81. The molecule has 0 saturated carbocycles. The van der Waals surface area contributed by atoms with Crippen LogP contribution in [-0.2, 0) is 6.54 Å². The number of guanidine groups is 1. The van der Waals surface area contributed by atoms with Crippen LogP contribution in [0.4, 0.5) is 0 Å². The van der Waals surface area contributed by atoms with E-state index in [-0.39, 0.29) is 24.0 Å². The van der Waals surface area contributed by atoms with Crippen molar-refractivity contribution in [1.29, 1.82) is 0 Å². The third kappa shape index (κ3) is 12.4. The van der Waals surface area contributed by atoms with Gasteiger partial charge in [0.25, 0.3) is 0 Å². The Bertz CT molecular complexity index is 477. The van der Waals surface area contributed by atoms with Gasteiger partial charge in [0.2, 0.25) is 0 Å². The van der Waals surface area contributed by atoms with Crippen molar-refractivity contribution >= 4 is 29.9 Å². The Labute approximate surface area is 177 Å². The Hall–Kier alpha value is -1.02. The summed E-state index contributed by atoms with van der Waals surface area (Å²) >= 11 is 0. The highest BCUT2D eigenvalue weighted by Gasteiger charge is 1.99. The Morgan fingerprint density at radius 3 is 2.27 bits per heavy atom. The SMILES string of the molecule is CCNC(=NCc1ccc(OC)cc1)NCCCCCCCN(C)C.I. The van der Waals surface area contributed by atoms with Crippen LogP contribution < -0.4 is 15.4 Å². The molecule has 0 aromatic heterocycles. The van der Waals surface area contributed by atoms with E-state index in [1.165, 1.54) is 44.2 Å². The smallest absolute Gasteiger partial charge is 0.191 e. The van der Waals surface area contributed by atoms with Crippen molar-refractivity contribution in [2.75, 3.05) is 40.8 Å². The molecule has 0 unspecified atom stereocenters. The van der Waals surface area contributed by atoms with Gasteiger partial charge in [-0.05, 0) is 58.1 Å². The molecule has 26 heavy (non-hydrogen) atoms. The first kappa shape index (κ1) is 25.0. The van der Waals surface area contributed by atoms with Crippen LogP contribution in [0.3, 0.4) is 0 Å². The fourth-order valence-corrected chi connectivity index (χ4v) is 2.53. The third-order valence-corrected chi connectivity index (χ3v) is 4.00. The zero-order valence-corrected chi connectivity index (χ0v) is 19.2. The lowest BCUT2D eigenvalue weighted by molar-refractivity contribution is 0.389. The average molecular weight is 476 g/mol. The van der Waals surface area contributed by atoms with Crippen LogP contribution in [0.5, 0.6) is 5.75 Å². The molecule has 1 aromatic rings. The highest BCUT2D eigenvalue weighted by atomic mass is 127. The van der Waals surface area contributed by atoms with Crippen LogP contribution in [0.15, 0.2) is 29.3 Å². The van der Waals surface area contributed by atoms with Crippen LogP contribution in [0.1, 0.15) is 44.6 Å². The summed E-state index contributed by atoms with van der Waals surface area (Å²) in [5.74, 6) is 1.77. The first-order valence-corrected chi connectivity index (χ1v) is 9.45. The molecule has 0 aliphatic carbocycles. The second kappa shape index (κ2) is 16.2. The summed E-state index contributed by atoms with van der Waals surface area (Å²) in [4.78, 5) is 6.91. The van der Waals surface area contributed by atoms with Crippen molar-refractivity contribution in [1.82, 2.24) is 15.5 Å². The van der Waals surface area contributed by atoms with E-state index in [0.717, 1.165) is 24.8 Å². The molecule has 1 aromatic carbocycles. The second-order valence-electron chi connectivity index (χ2n) is 6.54. The van der Waals surface area contributed by atoms with E-state index in [4.69, 9.17) is 4.74 Å². The molecule has 1 rings (SSSR count). The highest BCUT2D eigenvalue weighted by Crippen LogP contribution is 2.11. The standard InChI is InChI=1S/C20H36N4O.HI/c1-5-21-20(22-15-9-7-6-8-10-16-24(2)3)23-17-18-11-13-19(25-4)14-12-18;/h11-14H,5-10,15-17H2,1-4H3,(H2,21,22,23);1H. The first-order valence-electron chi connectivity index (χ1n) is 9.45. The van der Waals surface area contributed by atoms with Crippen LogP contribution in [0.2, 0.25) is 0 Å². The molecule has 6 heteroatoms. The monoisotopic (exact) mass is 476 g/mol. The van der Waals surface area contributed by atoms with Crippen molar-refractivity contribution in [3.63, 3.8) is 0 Å². The van der Waals surface area contributed by atoms with Gasteiger partial charge in [0.05, 0.1) is 13.7 Å². The van der Waals surface area contributed by atoms with E-state index in [0.29, 0.717) is 6.54 Å². The van der Waals surface area contributed by atoms with Gasteiger partial charge in [0.1, 0.15) is 5.75 Å². The summed E-state index contributed by atoms with van der Waals surface area (Å²) in [5.41, 5.74) is 1.18. The number of nitrogens with zero attached hydrogens (tertiary/aromatic N) is 2. The zero-order chi connectivity index (χ0) is 18.3. The van der Waals surface area contributed by atoms with E-state index in [1.807, 2.05) is 12.1 Å². The molecule has 0 spiro atoms. The number of hydrogen-bond acceptors (Lipinski definition) is 3. The van der Waals surface area contributed by atoms with Gasteiger partial charge in [-0.15, -0.1) is 24.0 Å². The molecule has 0 bridgehead atoms. The molecule has 0 aliphatic heterocycles. The van der Waals surface area contributed by atoms with Gasteiger partial charge >= 0.3 is 0 Å². The fraction of sp³-hybridized carbons (Fsp3) is 0.650. The number of benzene rings is 1. The number of nitrogens with one attached hydrogen (secondary N) is 2. The Kier molecular flexibility index (Phi) is 15.5. The van der Waals surface area contributed by atoms with Gasteiger partial charge in [-0.2, -0.15) is 0 Å². The molecule has 0 atom stereocenters. The highest BCUT2D eigenvalue weighted by molar-refractivity contribution is 14.0.